The van der Waals surface area contributed by atoms with Crippen LogP contribution in [0, 0.1) is 11.8 Å². The molecule has 30 heavy (non-hydrogen) atoms. The van der Waals surface area contributed by atoms with Crippen LogP contribution in [-0.2, 0) is 6.54 Å². The van der Waals surface area contributed by atoms with Gasteiger partial charge in [-0.2, -0.15) is 0 Å². The quantitative estimate of drug-likeness (QED) is 0.391. The van der Waals surface area contributed by atoms with Crippen molar-refractivity contribution in [3.8, 4) is 17.6 Å². The van der Waals surface area contributed by atoms with Gasteiger partial charge in [0.25, 0.3) is 0 Å². The summed E-state index contributed by atoms with van der Waals surface area (Å²) in [5, 5.41) is 32.1. The molecule has 0 spiro atoms. The zero-order valence-corrected chi connectivity index (χ0v) is 16.5. The monoisotopic (exact) mass is 412 g/mol. The molecule has 0 fully saturated rings. The molecular formula is C21H24N4O5. The standard InChI is InChI=1S/C21H24N4O5/c1-15(28)20-23-8-9-25(20)11-17-10-19(30-24-17)7-4-16-2-5-18(6-3-16)29-14-21(22,12-26)13-27/h2-3,5-6,8-10,15,26-28H,11-14,22H2,1H3/t15-/m0/s1. The summed E-state index contributed by atoms with van der Waals surface area (Å²) in [5.41, 5.74) is 6.00. The summed E-state index contributed by atoms with van der Waals surface area (Å²) in [7, 11) is 0. The van der Waals surface area contributed by atoms with Gasteiger partial charge in [-0.15, -0.1) is 0 Å². The normalized spacial score (nSPS) is 12.3. The first kappa shape index (κ1) is 21.5. The van der Waals surface area contributed by atoms with E-state index >= 15 is 0 Å². The highest BCUT2D eigenvalue weighted by Gasteiger charge is 2.24. The molecule has 0 aliphatic heterocycles. The number of imidazole rings is 1. The summed E-state index contributed by atoms with van der Waals surface area (Å²) >= 11 is 0. The molecule has 2 heterocycles. The van der Waals surface area contributed by atoms with Gasteiger partial charge in [0.15, 0.2) is 0 Å². The molecule has 0 saturated carbocycles. The number of nitrogens with zero attached hydrogens (tertiary/aromatic N) is 3. The second-order valence-corrected chi connectivity index (χ2v) is 7.01. The van der Waals surface area contributed by atoms with Gasteiger partial charge in [0, 0.05) is 24.0 Å². The predicted molar refractivity (Wildman–Crippen MR) is 107 cm³/mol. The van der Waals surface area contributed by atoms with Gasteiger partial charge in [-0.05, 0) is 37.1 Å². The van der Waals surface area contributed by atoms with E-state index in [0.29, 0.717) is 29.6 Å². The second kappa shape index (κ2) is 9.56. The minimum atomic E-state index is -1.19. The van der Waals surface area contributed by atoms with E-state index in [1.807, 2.05) is 0 Å². The van der Waals surface area contributed by atoms with Crippen molar-refractivity contribution >= 4 is 0 Å². The lowest BCUT2D eigenvalue weighted by molar-refractivity contribution is 0.0785. The summed E-state index contributed by atoms with van der Waals surface area (Å²) < 4.78 is 12.6. The summed E-state index contributed by atoms with van der Waals surface area (Å²) in [6.45, 7) is 1.29. The smallest absolute Gasteiger partial charge is 0.210 e. The first-order valence-corrected chi connectivity index (χ1v) is 9.32. The van der Waals surface area contributed by atoms with Gasteiger partial charge in [-0.3, -0.25) is 0 Å². The maximum Gasteiger partial charge on any atom is 0.210 e. The SMILES string of the molecule is C[C@H](O)c1nccn1Cc1cc(C#Cc2ccc(OCC(N)(CO)CO)cc2)on1. The molecule has 0 aliphatic rings. The van der Waals surface area contributed by atoms with E-state index in [-0.39, 0.29) is 19.8 Å². The first-order valence-electron chi connectivity index (χ1n) is 9.32. The lowest BCUT2D eigenvalue weighted by Gasteiger charge is -2.24. The van der Waals surface area contributed by atoms with E-state index in [2.05, 4.69) is 22.0 Å². The van der Waals surface area contributed by atoms with Crippen LogP contribution in [0.2, 0.25) is 0 Å². The molecule has 0 aliphatic carbocycles. The van der Waals surface area contributed by atoms with Crippen LogP contribution >= 0.6 is 0 Å². The van der Waals surface area contributed by atoms with Gasteiger partial charge < -0.3 is 34.9 Å². The molecule has 2 aromatic heterocycles. The molecule has 9 heteroatoms. The van der Waals surface area contributed by atoms with Crippen LogP contribution in [0.3, 0.4) is 0 Å². The largest absolute Gasteiger partial charge is 0.491 e. The average molecular weight is 412 g/mol. The molecule has 0 bridgehead atoms. The third-order valence-corrected chi connectivity index (χ3v) is 4.35. The third kappa shape index (κ3) is 5.46. The molecule has 0 unspecified atom stereocenters. The summed E-state index contributed by atoms with van der Waals surface area (Å²) in [6.07, 6.45) is 2.71. The third-order valence-electron chi connectivity index (χ3n) is 4.35. The Balaban J connectivity index is 1.60. The van der Waals surface area contributed by atoms with Crippen molar-refractivity contribution in [2.24, 2.45) is 5.73 Å². The highest BCUT2D eigenvalue weighted by atomic mass is 16.5. The van der Waals surface area contributed by atoms with E-state index in [1.54, 1.807) is 54.2 Å². The maximum atomic E-state index is 9.72. The highest BCUT2D eigenvalue weighted by molar-refractivity contribution is 5.41. The van der Waals surface area contributed by atoms with E-state index in [0.717, 1.165) is 5.56 Å². The Labute approximate surface area is 173 Å². The van der Waals surface area contributed by atoms with Gasteiger partial charge in [0.2, 0.25) is 5.76 Å². The Morgan fingerprint density at radius 1 is 1.23 bits per heavy atom. The van der Waals surface area contributed by atoms with Crippen molar-refractivity contribution in [1.29, 1.82) is 0 Å². The Kier molecular flexibility index (Phi) is 6.87. The first-order chi connectivity index (χ1) is 14.4. The molecule has 3 rings (SSSR count). The second-order valence-electron chi connectivity index (χ2n) is 7.01. The summed E-state index contributed by atoms with van der Waals surface area (Å²) in [4.78, 5) is 4.12. The van der Waals surface area contributed by atoms with Gasteiger partial charge in [0.1, 0.15) is 30.0 Å². The Morgan fingerprint density at radius 3 is 2.63 bits per heavy atom. The molecule has 158 valence electrons. The fraction of sp³-hybridized carbons (Fsp3) is 0.333. The molecule has 3 aromatic rings. The number of nitrogens with two attached hydrogens (primary N) is 1. The lowest BCUT2D eigenvalue weighted by atomic mass is 10.1. The summed E-state index contributed by atoms with van der Waals surface area (Å²) in [5.74, 6) is 7.42. The zero-order chi connectivity index (χ0) is 21.6. The van der Waals surface area contributed by atoms with Gasteiger partial charge in [0.05, 0.1) is 25.3 Å². The van der Waals surface area contributed by atoms with E-state index in [1.165, 1.54) is 0 Å². The Morgan fingerprint density at radius 2 is 1.97 bits per heavy atom. The molecule has 0 saturated heterocycles. The molecule has 1 atom stereocenters. The number of hydrogen-bond donors (Lipinski definition) is 4. The topological polar surface area (TPSA) is 140 Å². The number of aromatic nitrogens is 3. The van der Waals surface area contributed by atoms with Crippen LogP contribution in [0.5, 0.6) is 5.75 Å². The molecule has 0 amide bonds. The number of hydrogen-bond acceptors (Lipinski definition) is 8. The van der Waals surface area contributed by atoms with Crippen molar-refractivity contribution in [1.82, 2.24) is 14.7 Å². The zero-order valence-electron chi connectivity index (χ0n) is 16.5. The van der Waals surface area contributed by atoms with Crippen molar-refractivity contribution in [2.45, 2.75) is 25.1 Å². The molecule has 0 radical (unpaired) electrons. The molecular weight excluding hydrogens is 388 g/mol. The summed E-state index contributed by atoms with van der Waals surface area (Å²) in [6, 6.07) is 8.73. The van der Waals surface area contributed by atoms with Crippen LogP contribution in [0.1, 0.15) is 35.9 Å². The Bertz CT molecular complexity index is 1010. The number of rotatable bonds is 8. The number of aliphatic hydroxyl groups excluding tert-OH is 3. The highest BCUT2D eigenvalue weighted by Crippen LogP contribution is 2.14. The molecule has 1 aromatic carbocycles. The minimum Gasteiger partial charge on any atom is -0.491 e. The van der Waals surface area contributed by atoms with E-state index in [9.17, 15) is 15.3 Å². The number of benzene rings is 1. The van der Waals surface area contributed by atoms with E-state index in [4.69, 9.17) is 15.0 Å². The van der Waals surface area contributed by atoms with Crippen molar-refractivity contribution in [3.63, 3.8) is 0 Å². The van der Waals surface area contributed by atoms with Gasteiger partial charge in [-0.1, -0.05) is 11.1 Å². The van der Waals surface area contributed by atoms with Gasteiger partial charge >= 0.3 is 0 Å². The van der Waals surface area contributed by atoms with Crippen LogP contribution in [-0.4, -0.2) is 55.4 Å². The fourth-order valence-electron chi connectivity index (χ4n) is 2.58. The molecule has 5 N–H and O–H groups in total. The maximum absolute atomic E-state index is 9.72. The van der Waals surface area contributed by atoms with E-state index < -0.39 is 11.6 Å². The fourth-order valence-corrected chi connectivity index (χ4v) is 2.58. The predicted octanol–water partition coefficient (Wildman–Crippen LogP) is 0.433. The van der Waals surface area contributed by atoms with Crippen LogP contribution in [0.4, 0.5) is 0 Å². The van der Waals surface area contributed by atoms with Crippen molar-refractivity contribution in [2.75, 3.05) is 19.8 Å². The molecule has 9 nitrogen and oxygen atoms in total. The van der Waals surface area contributed by atoms with Gasteiger partial charge in [-0.25, -0.2) is 4.98 Å². The van der Waals surface area contributed by atoms with Crippen LogP contribution < -0.4 is 10.5 Å². The average Bonchev–Trinajstić information content (AvgIpc) is 3.41. The Hall–Kier alpha value is -3.16. The minimum absolute atomic E-state index is 0.0143. The van der Waals surface area contributed by atoms with Crippen molar-refractivity contribution < 1.29 is 24.6 Å². The van der Waals surface area contributed by atoms with Crippen LogP contribution in [0.15, 0.2) is 47.2 Å². The van der Waals surface area contributed by atoms with Crippen LogP contribution in [0.25, 0.3) is 0 Å². The van der Waals surface area contributed by atoms with Crippen molar-refractivity contribution in [3.05, 3.63) is 65.6 Å². The number of ether oxygens (including phenoxy) is 1. The number of aliphatic hydroxyl groups is 3. The lowest BCUT2D eigenvalue weighted by Crippen LogP contribution is -2.52.